The molecule has 2 heterocycles. The molecule has 1 aromatic carbocycles. The van der Waals surface area contributed by atoms with E-state index in [0.717, 1.165) is 0 Å². The van der Waals surface area contributed by atoms with Crippen molar-refractivity contribution in [3.63, 3.8) is 0 Å². The monoisotopic (exact) mass is 440 g/mol. The molecule has 1 aromatic rings. The fraction of sp³-hybridized carbons (Fsp3) is 0.542. The molecule has 170 valence electrons. The van der Waals surface area contributed by atoms with E-state index in [-0.39, 0.29) is 19.4 Å². The number of nitrogens with zero attached hydrogens (tertiary/aromatic N) is 2. The van der Waals surface area contributed by atoms with Gasteiger partial charge in [0.1, 0.15) is 5.41 Å². The van der Waals surface area contributed by atoms with Gasteiger partial charge in [-0.1, -0.05) is 24.3 Å². The van der Waals surface area contributed by atoms with Crippen LogP contribution >= 0.6 is 0 Å². The van der Waals surface area contributed by atoms with Crippen LogP contribution in [-0.2, 0) is 29.2 Å². The zero-order valence-corrected chi connectivity index (χ0v) is 18.5. The SMILES string of the molecule is C=CC[C@]1(C#N)c2ccccc2N(C(=O)OC)[C@@]12CCC1(C[C@@H]2C(=O)OCC)OCCO1. The number of anilines is 1. The Morgan fingerprint density at radius 2 is 2.03 bits per heavy atom. The van der Waals surface area contributed by atoms with E-state index >= 15 is 0 Å². The summed E-state index contributed by atoms with van der Waals surface area (Å²) in [7, 11) is 1.30. The van der Waals surface area contributed by atoms with E-state index in [9.17, 15) is 14.9 Å². The van der Waals surface area contributed by atoms with Crippen molar-refractivity contribution in [2.75, 3.05) is 31.8 Å². The number of para-hydroxylation sites is 1. The molecule has 3 aliphatic rings. The zero-order chi connectivity index (χ0) is 23.0. The van der Waals surface area contributed by atoms with Gasteiger partial charge in [0.05, 0.1) is 50.1 Å². The van der Waals surface area contributed by atoms with E-state index in [1.165, 1.54) is 12.0 Å². The van der Waals surface area contributed by atoms with Crippen LogP contribution in [0.15, 0.2) is 36.9 Å². The Morgan fingerprint density at radius 3 is 2.66 bits per heavy atom. The number of carbonyl (C=O) groups is 2. The maximum Gasteiger partial charge on any atom is 0.414 e. The molecule has 0 bridgehead atoms. The third kappa shape index (κ3) is 2.88. The lowest BCUT2D eigenvalue weighted by Gasteiger charge is -2.54. The van der Waals surface area contributed by atoms with Crippen LogP contribution in [0.4, 0.5) is 10.5 Å². The summed E-state index contributed by atoms with van der Waals surface area (Å²) in [6.45, 7) is 6.65. The van der Waals surface area contributed by atoms with Crippen LogP contribution in [0.5, 0.6) is 0 Å². The predicted octanol–water partition coefficient (Wildman–Crippen LogP) is 3.46. The minimum absolute atomic E-state index is 0.173. The smallest absolute Gasteiger partial charge is 0.414 e. The summed E-state index contributed by atoms with van der Waals surface area (Å²) in [6.07, 6.45) is 2.17. The van der Waals surface area contributed by atoms with Crippen molar-refractivity contribution in [1.29, 1.82) is 5.26 Å². The van der Waals surface area contributed by atoms with Crippen LogP contribution in [0, 0.1) is 17.2 Å². The number of nitriles is 1. The van der Waals surface area contributed by atoms with Gasteiger partial charge >= 0.3 is 12.1 Å². The number of hydrogen-bond donors (Lipinski definition) is 0. The van der Waals surface area contributed by atoms with Gasteiger partial charge in [-0.25, -0.2) is 4.79 Å². The molecule has 0 radical (unpaired) electrons. The number of benzene rings is 1. The minimum Gasteiger partial charge on any atom is -0.466 e. The Morgan fingerprint density at radius 1 is 1.31 bits per heavy atom. The first-order chi connectivity index (χ1) is 15.4. The summed E-state index contributed by atoms with van der Waals surface area (Å²) in [5.74, 6) is -2.30. The number of fused-ring (bicyclic) bond motifs is 1. The van der Waals surface area contributed by atoms with E-state index in [2.05, 4.69) is 12.6 Å². The van der Waals surface area contributed by atoms with Crippen LogP contribution in [0.25, 0.3) is 0 Å². The van der Waals surface area contributed by atoms with Crippen molar-refractivity contribution in [2.24, 2.45) is 5.92 Å². The summed E-state index contributed by atoms with van der Waals surface area (Å²) in [5.41, 5.74) is -1.25. The van der Waals surface area contributed by atoms with Gasteiger partial charge in [-0.2, -0.15) is 5.26 Å². The molecule has 32 heavy (non-hydrogen) atoms. The molecule has 1 saturated carbocycles. The predicted molar refractivity (Wildman–Crippen MR) is 115 cm³/mol. The molecular formula is C24H28N2O6. The van der Waals surface area contributed by atoms with Gasteiger partial charge < -0.3 is 18.9 Å². The third-order valence-corrected chi connectivity index (χ3v) is 7.10. The Bertz CT molecular complexity index is 965. The van der Waals surface area contributed by atoms with Gasteiger partial charge in [-0.05, 0) is 31.4 Å². The van der Waals surface area contributed by atoms with E-state index in [1.54, 1.807) is 25.1 Å². The maximum atomic E-state index is 13.5. The molecule has 2 aliphatic heterocycles. The lowest BCUT2D eigenvalue weighted by molar-refractivity contribution is -0.208. The second-order valence-corrected chi connectivity index (χ2v) is 8.37. The number of hydrogen-bond acceptors (Lipinski definition) is 7. The second-order valence-electron chi connectivity index (χ2n) is 8.37. The van der Waals surface area contributed by atoms with E-state index in [0.29, 0.717) is 37.3 Å². The first kappa shape index (κ1) is 22.3. The Balaban J connectivity index is 1.99. The van der Waals surface area contributed by atoms with Crippen LogP contribution in [0.1, 0.15) is 38.2 Å². The molecule has 1 saturated heterocycles. The van der Waals surface area contributed by atoms with E-state index in [1.807, 2.05) is 12.1 Å². The van der Waals surface area contributed by atoms with Gasteiger partial charge in [0.25, 0.3) is 0 Å². The van der Waals surface area contributed by atoms with Gasteiger partial charge in [-0.15, -0.1) is 6.58 Å². The van der Waals surface area contributed by atoms with Crippen molar-refractivity contribution in [3.05, 3.63) is 42.5 Å². The fourth-order valence-corrected chi connectivity index (χ4v) is 5.92. The van der Waals surface area contributed by atoms with Crippen molar-refractivity contribution in [1.82, 2.24) is 0 Å². The lowest BCUT2D eigenvalue weighted by Crippen LogP contribution is -2.69. The molecule has 1 amide bonds. The molecule has 3 atom stereocenters. The summed E-state index contributed by atoms with van der Waals surface area (Å²) in [5, 5.41) is 10.7. The highest BCUT2D eigenvalue weighted by Crippen LogP contribution is 2.63. The van der Waals surface area contributed by atoms with Crippen molar-refractivity contribution < 1.29 is 28.5 Å². The number of esters is 1. The Kier molecular flexibility index (Phi) is 5.74. The Hall–Kier alpha value is -2.89. The average molecular weight is 440 g/mol. The minimum atomic E-state index is -1.25. The van der Waals surface area contributed by atoms with Gasteiger partial charge in [0.2, 0.25) is 0 Å². The van der Waals surface area contributed by atoms with Gasteiger partial charge in [-0.3, -0.25) is 9.69 Å². The molecule has 1 aliphatic carbocycles. The Labute approximate surface area is 187 Å². The molecular weight excluding hydrogens is 412 g/mol. The number of ether oxygens (including phenoxy) is 4. The van der Waals surface area contributed by atoms with Crippen LogP contribution < -0.4 is 4.90 Å². The molecule has 0 N–H and O–H groups in total. The van der Waals surface area contributed by atoms with E-state index < -0.39 is 34.7 Å². The highest BCUT2D eigenvalue weighted by molar-refractivity contribution is 5.97. The van der Waals surface area contributed by atoms with Crippen LogP contribution in [-0.4, -0.2) is 50.3 Å². The average Bonchev–Trinajstić information content (AvgIpc) is 3.35. The normalized spacial score (nSPS) is 30.0. The largest absolute Gasteiger partial charge is 0.466 e. The number of amides is 1. The van der Waals surface area contributed by atoms with Gasteiger partial charge in [0, 0.05) is 12.8 Å². The zero-order valence-electron chi connectivity index (χ0n) is 18.5. The number of rotatable bonds is 4. The van der Waals surface area contributed by atoms with Gasteiger partial charge in [0.15, 0.2) is 5.79 Å². The summed E-state index contributed by atoms with van der Waals surface area (Å²) >= 11 is 0. The van der Waals surface area contributed by atoms with Crippen LogP contribution in [0.3, 0.4) is 0 Å². The lowest BCUT2D eigenvalue weighted by atomic mass is 9.55. The fourth-order valence-electron chi connectivity index (χ4n) is 5.92. The topological polar surface area (TPSA) is 98.1 Å². The first-order valence-electron chi connectivity index (χ1n) is 10.9. The van der Waals surface area contributed by atoms with Crippen molar-refractivity contribution in [3.8, 4) is 6.07 Å². The molecule has 8 heteroatoms. The molecule has 2 fully saturated rings. The molecule has 0 aromatic heterocycles. The number of allylic oxidation sites excluding steroid dienone is 1. The molecule has 8 nitrogen and oxygen atoms in total. The first-order valence-corrected chi connectivity index (χ1v) is 10.9. The molecule has 2 spiro atoms. The summed E-state index contributed by atoms with van der Waals surface area (Å²) in [4.78, 5) is 28.2. The van der Waals surface area contributed by atoms with Crippen LogP contribution in [0.2, 0.25) is 0 Å². The highest BCUT2D eigenvalue weighted by Gasteiger charge is 2.72. The number of carbonyl (C=O) groups excluding carboxylic acids is 2. The molecule has 4 rings (SSSR count). The quantitative estimate of drug-likeness (QED) is 0.522. The van der Waals surface area contributed by atoms with Crippen molar-refractivity contribution >= 4 is 17.7 Å². The summed E-state index contributed by atoms with van der Waals surface area (Å²) in [6, 6.07) is 9.75. The maximum absolute atomic E-state index is 13.5. The van der Waals surface area contributed by atoms with E-state index in [4.69, 9.17) is 18.9 Å². The second kappa shape index (κ2) is 8.23. The standard InChI is InChI=1S/C24H28N2O6/c1-4-10-22(16-25)17-8-6-7-9-19(17)26(21(28)29-3)24(22)12-11-23(31-13-14-32-23)15-18(24)20(27)30-5-2/h4,6-9,18H,1,5,10-15H2,2-3H3/t18-,22+,24-/m1/s1. The number of methoxy groups -OCH3 is 1. The highest BCUT2D eigenvalue weighted by atomic mass is 16.7. The summed E-state index contributed by atoms with van der Waals surface area (Å²) < 4.78 is 22.5. The molecule has 0 unspecified atom stereocenters. The third-order valence-electron chi connectivity index (χ3n) is 7.10. The van der Waals surface area contributed by atoms with Crippen molar-refractivity contribution in [2.45, 2.75) is 49.3 Å².